The van der Waals surface area contributed by atoms with E-state index in [1.165, 1.54) is 0 Å². The van der Waals surface area contributed by atoms with Crippen LogP contribution in [0.15, 0.2) is 0 Å². The van der Waals surface area contributed by atoms with Gasteiger partial charge in [-0.25, -0.2) is 0 Å². The van der Waals surface area contributed by atoms with Crippen molar-refractivity contribution in [2.75, 3.05) is 19.6 Å². The molecule has 134 valence electrons. The molecule has 9 heteroatoms. The first-order valence-electron chi connectivity index (χ1n) is 7.66. The number of amides is 2. The van der Waals surface area contributed by atoms with Crippen molar-refractivity contribution in [1.82, 2.24) is 10.2 Å². The van der Waals surface area contributed by atoms with Crippen molar-refractivity contribution in [3.63, 3.8) is 0 Å². The average molecular weight is 358 g/mol. The van der Waals surface area contributed by atoms with Gasteiger partial charge in [0.15, 0.2) is 0 Å². The van der Waals surface area contributed by atoms with Crippen molar-refractivity contribution >= 4 is 24.2 Å². The molecule has 2 amide bonds. The third-order valence-electron chi connectivity index (χ3n) is 4.64. The Labute approximate surface area is 139 Å². The molecule has 23 heavy (non-hydrogen) atoms. The highest BCUT2D eigenvalue weighted by Crippen LogP contribution is 2.28. The molecule has 1 aliphatic carbocycles. The molecule has 0 aromatic carbocycles. The number of hydrogen-bond donors (Lipinski definition) is 2. The van der Waals surface area contributed by atoms with Crippen molar-refractivity contribution in [3.8, 4) is 0 Å². The van der Waals surface area contributed by atoms with E-state index in [-0.39, 0.29) is 37.3 Å². The summed E-state index contributed by atoms with van der Waals surface area (Å²) in [6, 6.07) is 0. The summed E-state index contributed by atoms with van der Waals surface area (Å²) in [5.41, 5.74) is 5.25. The van der Waals surface area contributed by atoms with Crippen LogP contribution in [0.2, 0.25) is 0 Å². The lowest BCUT2D eigenvalue weighted by atomic mass is 9.94. The summed E-state index contributed by atoms with van der Waals surface area (Å²) in [5.74, 6) is -1.85. The number of hydrogen-bond acceptors (Lipinski definition) is 3. The lowest BCUT2D eigenvalue weighted by Crippen LogP contribution is -2.53. The third kappa shape index (κ3) is 4.97. The minimum atomic E-state index is -4.81. The summed E-state index contributed by atoms with van der Waals surface area (Å²) < 4.78 is 37.0. The first-order valence-corrected chi connectivity index (χ1v) is 7.66. The smallest absolute Gasteiger partial charge is 0.354 e. The van der Waals surface area contributed by atoms with E-state index in [4.69, 9.17) is 5.73 Å². The van der Waals surface area contributed by atoms with Crippen molar-refractivity contribution in [2.24, 2.45) is 11.7 Å². The SMILES string of the molecule is Cl.NC1(C(=O)NCC2CCN(C(=O)C(F)(F)F)CC2)CCCC1. The molecule has 0 aromatic rings. The minimum Gasteiger partial charge on any atom is -0.354 e. The number of nitrogens with two attached hydrogens (primary N) is 1. The summed E-state index contributed by atoms with van der Waals surface area (Å²) >= 11 is 0. The molecule has 1 aliphatic heterocycles. The standard InChI is InChI=1S/C14H22F3N3O2.ClH/c15-14(16,17)12(22)20-7-3-10(4-8-20)9-19-11(21)13(18)5-1-2-6-13;/h10H,1-9,18H2,(H,19,21);1H. The van der Waals surface area contributed by atoms with Gasteiger partial charge in [0.2, 0.25) is 5.91 Å². The van der Waals surface area contributed by atoms with E-state index in [0.29, 0.717) is 32.2 Å². The molecule has 0 unspecified atom stereocenters. The first kappa shape index (κ1) is 20.0. The monoisotopic (exact) mass is 357 g/mol. The number of halogens is 4. The Balaban J connectivity index is 0.00000264. The molecular formula is C14H23ClF3N3O2. The maximum absolute atomic E-state index is 12.3. The predicted octanol–water partition coefficient (Wildman–Crippen LogP) is 1.60. The molecular weight excluding hydrogens is 335 g/mol. The number of rotatable bonds is 3. The van der Waals surface area contributed by atoms with Crippen LogP contribution in [0.5, 0.6) is 0 Å². The van der Waals surface area contributed by atoms with Gasteiger partial charge in [-0.3, -0.25) is 9.59 Å². The van der Waals surface area contributed by atoms with Crippen LogP contribution in [0.25, 0.3) is 0 Å². The van der Waals surface area contributed by atoms with E-state index in [2.05, 4.69) is 5.32 Å². The maximum atomic E-state index is 12.3. The van der Waals surface area contributed by atoms with Crippen LogP contribution in [-0.4, -0.2) is 48.1 Å². The highest BCUT2D eigenvalue weighted by Gasteiger charge is 2.43. The average Bonchev–Trinajstić information content (AvgIpc) is 2.91. The Kier molecular flexibility index (Phi) is 6.70. The second-order valence-electron chi connectivity index (χ2n) is 6.31. The van der Waals surface area contributed by atoms with Crippen LogP contribution >= 0.6 is 12.4 Å². The van der Waals surface area contributed by atoms with Crippen LogP contribution < -0.4 is 11.1 Å². The molecule has 2 fully saturated rings. The molecule has 0 atom stereocenters. The minimum absolute atomic E-state index is 0. The number of carbonyl (C=O) groups is 2. The lowest BCUT2D eigenvalue weighted by Gasteiger charge is -2.33. The summed E-state index contributed by atoms with van der Waals surface area (Å²) in [6.45, 7) is 0.561. The van der Waals surface area contributed by atoms with E-state index >= 15 is 0 Å². The molecule has 2 rings (SSSR count). The van der Waals surface area contributed by atoms with E-state index in [9.17, 15) is 22.8 Å². The largest absolute Gasteiger partial charge is 0.471 e. The molecule has 0 aromatic heterocycles. The highest BCUT2D eigenvalue weighted by molar-refractivity contribution is 5.86. The van der Waals surface area contributed by atoms with Crippen LogP contribution in [0.1, 0.15) is 38.5 Å². The number of nitrogens with zero attached hydrogens (tertiary/aromatic N) is 1. The van der Waals surface area contributed by atoms with E-state index in [1.54, 1.807) is 0 Å². The number of alkyl halides is 3. The Bertz CT molecular complexity index is 431. The third-order valence-corrected chi connectivity index (χ3v) is 4.64. The Hall–Kier alpha value is -1.02. The van der Waals surface area contributed by atoms with Crippen LogP contribution in [0.3, 0.4) is 0 Å². The zero-order valence-electron chi connectivity index (χ0n) is 12.8. The number of carbonyl (C=O) groups excluding carboxylic acids is 2. The summed E-state index contributed by atoms with van der Waals surface area (Å²) in [4.78, 5) is 24.0. The number of nitrogens with one attached hydrogen (secondary N) is 1. The van der Waals surface area contributed by atoms with E-state index < -0.39 is 17.6 Å². The molecule has 3 N–H and O–H groups in total. The van der Waals surface area contributed by atoms with Crippen molar-refractivity contribution in [2.45, 2.75) is 50.2 Å². The second kappa shape index (κ2) is 7.70. The van der Waals surface area contributed by atoms with Crippen molar-refractivity contribution in [1.29, 1.82) is 0 Å². The molecule has 5 nitrogen and oxygen atoms in total. The van der Waals surface area contributed by atoms with Gasteiger partial charge in [-0.1, -0.05) is 12.8 Å². The maximum Gasteiger partial charge on any atom is 0.471 e. The summed E-state index contributed by atoms with van der Waals surface area (Å²) in [6.07, 6.45) is -0.646. The Morgan fingerprint density at radius 1 is 1.17 bits per heavy atom. The number of likely N-dealkylation sites (tertiary alicyclic amines) is 1. The van der Waals surface area contributed by atoms with Gasteiger partial charge < -0.3 is 16.0 Å². The quantitative estimate of drug-likeness (QED) is 0.805. The van der Waals surface area contributed by atoms with Gasteiger partial charge in [-0.2, -0.15) is 13.2 Å². The fourth-order valence-corrected chi connectivity index (χ4v) is 3.17. The van der Waals surface area contributed by atoms with Gasteiger partial charge in [0, 0.05) is 19.6 Å². The predicted molar refractivity (Wildman–Crippen MR) is 81.0 cm³/mol. The van der Waals surface area contributed by atoms with Gasteiger partial charge in [0.25, 0.3) is 0 Å². The fraction of sp³-hybridized carbons (Fsp3) is 0.857. The van der Waals surface area contributed by atoms with Crippen LogP contribution in [0, 0.1) is 5.92 Å². The van der Waals surface area contributed by atoms with Gasteiger partial charge in [-0.15, -0.1) is 12.4 Å². The highest BCUT2D eigenvalue weighted by atomic mass is 35.5. The fourth-order valence-electron chi connectivity index (χ4n) is 3.17. The van der Waals surface area contributed by atoms with Crippen LogP contribution in [-0.2, 0) is 9.59 Å². The van der Waals surface area contributed by atoms with Gasteiger partial charge in [0.05, 0.1) is 5.54 Å². The van der Waals surface area contributed by atoms with Gasteiger partial charge in [0.1, 0.15) is 0 Å². The molecule has 1 heterocycles. The van der Waals surface area contributed by atoms with E-state index in [1.807, 2.05) is 0 Å². The van der Waals surface area contributed by atoms with Crippen LogP contribution in [0.4, 0.5) is 13.2 Å². The molecule has 0 bridgehead atoms. The zero-order valence-corrected chi connectivity index (χ0v) is 13.6. The topological polar surface area (TPSA) is 75.4 Å². The molecule has 0 spiro atoms. The summed E-state index contributed by atoms with van der Waals surface area (Å²) in [5, 5.41) is 2.82. The molecule has 2 aliphatic rings. The lowest BCUT2D eigenvalue weighted by molar-refractivity contribution is -0.186. The number of piperidine rings is 1. The van der Waals surface area contributed by atoms with Crippen molar-refractivity contribution in [3.05, 3.63) is 0 Å². The second-order valence-corrected chi connectivity index (χ2v) is 6.31. The van der Waals surface area contributed by atoms with Gasteiger partial charge >= 0.3 is 12.1 Å². The molecule has 1 saturated heterocycles. The first-order chi connectivity index (χ1) is 10.2. The summed E-state index contributed by atoms with van der Waals surface area (Å²) in [7, 11) is 0. The van der Waals surface area contributed by atoms with Crippen molar-refractivity contribution < 1.29 is 22.8 Å². The normalized spacial score (nSPS) is 21.7. The Morgan fingerprint density at radius 2 is 1.70 bits per heavy atom. The Morgan fingerprint density at radius 3 is 2.17 bits per heavy atom. The molecule has 0 radical (unpaired) electrons. The zero-order chi connectivity index (χ0) is 16.4. The van der Waals surface area contributed by atoms with E-state index in [0.717, 1.165) is 17.7 Å². The molecule has 1 saturated carbocycles. The van der Waals surface area contributed by atoms with Gasteiger partial charge in [-0.05, 0) is 31.6 Å².